The molecule has 0 amide bonds. The molecule has 1 aliphatic heterocycles. The van der Waals surface area contributed by atoms with Crippen LogP contribution < -0.4 is 9.47 Å². The summed E-state index contributed by atoms with van der Waals surface area (Å²) in [6.07, 6.45) is 1.40. The highest BCUT2D eigenvalue weighted by Crippen LogP contribution is 2.28. The van der Waals surface area contributed by atoms with E-state index < -0.39 is 5.60 Å². The molecule has 0 radical (unpaired) electrons. The van der Waals surface area contributed by atoms with E-state index in [1.807, 2.05) is 25.2 Å². The highest BCUT2D eigenvalue weighted by atomic mass is 16.5. The van der Waals surface area contributed by atoms with E-state index in [4.69, 9.17) is 14.2 Å². The quantitative estimate of drug-likeness (QED) is 0.865. The Hall–Kier alpha value is -1.30. The van der Waals surface area contributed by atoms with E-state index in [0.717, 1.165) is 23.6 Å². The smallest absolute Gasteiger partial charge is 0.161 e. The van der Waals surface area contributed by atoms with Crippen LogP contribution in [0.2, 0.25) is 0 Å². The lowest BCUT2D eigenvalue weighted by atomic mass is 9.94. The lowest BCUT2D eigenvalue weighted by Gasteiger charge is -2.35. The van der Waals surface area contributed by atoms with E-state index in [9.17, 15) is 5.11 Å². The van der Waals surface area contributed by atoms with Gasteiger partial charge in [0.05, 0.1) is 19.8 Å². The number of hydrogen-bond acceptors (Lipinski definition) is 5. The lowest BCUT2D eigenvalue weighted by molar-refractivity contribution is -0.0777. The minimum absolute atomic E-state index is 0.635. The Morgan fingerprint density at radius 2 is 1.86 bits per heavy atom. The first-order valence-corrected chi connectivity index (χ1v) is 7.26. The summed E-state index contributed by atoms with van der Waals surface area (Å²) in [6, 6.07) is 5.90. The molecule has 118 valence electrons. The summed E-state index contributed by atoms with van der Waals surface area (Å²) in [5, 5.41) is 10.5. The summed E-state index contributed by atoms with van der Waals surface area (Å²) >= 11 is 0. The number of ether oxygens (including phenoxy) is 3. The van der Waals surface area contributed by atoms with Gasteiger partial charge in [-0.25, -0.2) is 0 Å². The van der Waals surface area contributed by atoms with Crippen LogP contribution in [0.4, 0.5) is 0 Å². The Balaban J connectivity index is 1.97. The molecule has 1 heterocycles. The Morgan fingerprint density at radius 3 is 2.48 bits per heavy atom. The third-order valence-electron chi connectivity index (χ3n) is 3.89. The van der Waals surface area contributed by atoms with Gasteiger partial charge in [-0.3, -0.25) is 4.90 Å². The minimum atomic E-state index is -0.635. The highest BCUT2D eigenvalue weighted by Gasteiger charge is 2.30. The van der Waals surface area contributed by atoms with Crippen LogP contribution in [0.5, 0.6) is 11.5 Å². The van der Waals surface area contributed by atoms with Gasteiger partial charge in [0.1, 0.15) is 0 Å². The van der Waals surface area contributed by atoms with Gasteiger partial charge in [-0.05, 0) is 24.7 Å². The third-order valence-corrected chi connectivity index (χ3v) is 3.89. The van der Waals surface area contributed by atoms with E-state index in [-0.39, 0.29) is 0 Å². The molecule has 0 atom stereocenters. The fourth-order valence-electron chi connectivity index (χ4n) is 2.76. The van der Waals surface area contributed by atoms with Crippen LogP contribution in [0.3, 0.4) is 0 Å². The van der Waals surface area contributed by atoms with Crippen molar-refractivity contribution in [2.45, 2.75) is 25.0 Å². The monoisotopic (exact) mass is 295 g/mol. The summed E-state index contributed by atoms with van der Waals surface area (Å²) in [7, 11) is 5.28. The van der Waals surface area contributed by atoms with Gasteiger partial charge in [0.25, 0.3) is 0 Å². The van der Waals surface area contributed by atoms with Crippen molar-refractivity contribution < 1.29 is 19.3 Å². The average Bonchev–Trinajstić information content (AvgIpc) is 2.47. The first-order valence-electron chi connectivity index (χ1n) is 7.26. The van der Waals surface area contributed by atoms with Crippen molar-refractivity contribution in [3.05, 3.63) is 23.8 Å². The molecule has 1 aliphatic rings. The first-order chi connectivity index (χ1) is 10.1. The molecule has 1 fully saturated rings. The number of benzene rings is 1. The van der Waals surface area contributed by atoms with Crippen LogP contribution >= 0.6 is 0 Å². The number of aliphatic hydroxyl groups is 1. The first kappa shape index (κ1) is 16.1. The van der Waals surface area contributed by atoms with Crippen molar-refractivity contribution in [3.8, 4) is 11.5 Å². The fraction of sp³-hybridized carbons (Fsp3) is 0.625. The Morgan fingerprint density at radius 1 is 1.19 bits per heavy atom. The molecule has 0 aromatic heterocycles. The molecular formula is C16H25NO4. The van der Waals surface area contributed by atoms with E-state index in [1.165, 1.54) is 0 Å². The summed E-state index contributed by atoms with van der Waals surface area (Å²) < 4.78 is 15.9. The minimum Gasteiger partial charge on any atom is -0.493 e. The molecule has 0 spiro atoms. The molecule has 1 aromatic carbocycles. The zero-order valence-electron chi connectivity index (χ0n) is 13.1. The molecule has 0 bridgehead atoms. The summed E-state index contributed by atoms with van der Waals surface area (Å²) in [4.78, 5) is 2.13. The number of likely N-dealkylation sites (N-methyl/N-ethyl adjacent to an activating group) is 1. The van der Waals surface area contributed by atoms with Crippen molar-refractivity contribution in [1.29, 1.82) is 0 Å². The number of methoxy groups -OCH3 is 2. The Kier molecular flexibility index (Phi) is 5.45. The van der Waals surface area contributed by atoms with Crippen molar-refractivity contribution in [2.24, 2.45) is 0 Å². The zero-order chi connectivity index (χ0) is 15.3. The second-order valence-corrected chi connectivity index (χ2v) is 5.70. The maximum absolute atomic E-state index is 10.5. The molecule has 1 aromatic rings. The average molecular weight is 295 g/mol. The lowest BCUT2D eigenvalue weighted by Crippen LogP contribution is -2.45. The second-order valence-electron chi connectivity index (χ2n) is 5.70. The third kappa shape index (κ3) is 4.33. The van der Waals surface area contributed by atoms with Crippen molar-refractivity contribution in [1.82, 2.24) is 4.90 Å². The predicted octanol–water partition coefficient (Wildman–Crippen LogP) is 1.68. The second kappa shape index (κ2) is 7.11. The van der Waals surface area contributed by atoms with Crippen LogP contribution in [0.1, 0.15) is 18.4 Å². The van der Waals surface area contributed by atoms with Gasteiger partial charge in [0, 0.05) is 39.1 Å². The standard InChI is InChI=1S/C16H25NO4/c1-17(12-16(18)6-8-21-9-7-16)11-13-4-5-14(19-2)15(10-13)20-3/h4-5,10,18H,6-9,11-12H2,1-3H3. The number of hydrogen-bond donors (Lipinski definition) is 1. The molecule has 0 unspecified atom stereocenters. The van der Waals surface area contributed by atoms with Gasteiger partial charge >= 0.3 is 0 Å². The highest BCUT2D eigenvalue weighted by molar-refractivity contribution is 5.42. The maximum Gasteiger partial charge on any atom is 0.161 e. The van der Waals surface area contributed by atoms with Crippen LogP contribution in [-0.2, 0) is 11.3 Å². The summed E-state index contributed by atoms with van der Waals surface area (Å²) in [5.74, 6) is 1.46. The van der Waals surface area contributed by atoms with Crippen LogP contribution in [0, 0.1) is 0 Å². The molecule has 5 heteroatoms. The predicted molar refractivity (Wildman–Crippen MR) is 80.9 cm³/mol. The largest absolute Gasteiger partial charge is 0.493 e. The van der Waals surface area contributed by atoms with Crippen molar-refractivity contribution >= 4 is 0 Å². The van der Waals surface area contributed by atoms with Gasteiger partial charge in [0.2, 0.25) is 0 Å². The molecule has 1 N–H and O–H groups in total. The molecule has 0 saturated carbocycles. The zero-order valence-corrected chi connectivity index (χ0v) is 13.1. The van der Waals surface area contributed by atoms with E-state index >= 15 is 0 Å². The van der Waals surface area contributed by atoms with E-state index in [2.05, 4.69) is 4.90 Å². The molecule has 1 saturated heterocycles. The Bertz CT molecular complexity index is 458. The maximum atomic E-state index is 10.5. The van der Waals surface area contributed by atoms with Crippen molar-refractivity contribution in [2.75, 3.05) is 41.0 Å². The van der Waals surface area contributed by atoms with E-state index in [0.29, 0.717) is 32.6 Å². The van der Waals surface area contributed by atoms with Gasteiger partial charge in [-0.2, -0.15) is 0 Å². The molecule has 2 rings (SSSR count). The number of rotatable bonds is 6. The van der Waals surface area contributed by atoms with Gasteiger partial charge < -0.3 is 19.3 Å². The molecule has 5 nitrogen and oxygen atoms in total. The van der Waals surface area contributed by atoms with Gasteiger partial charge in [-0.1, -0.05) is 6.07 Å². The van der Waals surface area contributed by atoms with Crippen LogP contribution in [0.15, 0.2) is 18.2 Å². The molecular weight excluding hydrogens is 270 g/mol. The van der Waals surface area contributed by atoms with E-state index in [1.54, 1.807) is 14.2 Å². The topological polar surface area (TPSA) is 51.2 Å². The van der Waals surface area contributed by atoms with Crippen LogP contribution in [0.25, 0.3) is 0 Å². The normalized spacial score (nSPS) is 17.8. The van der Waals surface area contributed by atoms with Gasteiger partial charge in [0.15, 0.2) is 11.5 Å². The van der Waals surface area contributed by atoms with Crippen molar-refractivity contribution in [3.63, 3.8) is 0 Å². The fourth-order valence-corrected chi connectivity index (χ4v) is 2.76. The van der Waals surface area contributed by atoms with Crippen LogP contribution in [-0.4, -0.2) is 56.6 Å². The number of nitrogens with zero attached hydrogens (tertiary/aromatic N) is 1. The SMILES string of the molecule is COc1ccc(CN(C)CC2(O)CCOCC2)cc1OC. The summed E-state index contributed by atoms with van der Waals surface area (Å²) in [6.45, 7) is 2.68. The molecule has 21 heavy (non-hydrogen) atoms. The van der Waals surface area contributed by atoms with Gasteiger partial charge in [-0.15, -0.1) is 0 Å². The summed E-state index contributed by atoms with van der Waals surface area (Å²) in [5.41, 5.74) is 0.495. The molecule has 0 aliphatic carbocycles. The Labute approximate surface area is 126 Å².